The summed E-state index contributed by atoms with van der Waals surface area (Å²) in [5, 5.41) is 0. The predicted molar refractivity (Wildman–Crippen MR) is 101 cm³/mol. The number of likely N-dealkylation sites (tertiary alicyclic amines) is 1. The molecular formula is C18H24N4O3S. The number of fused-ring (bicyclic) bond motifs is 1. The quantitative estimate of drug-likeness (QED) is 0.809. The molecule has 0 spiro atoms. The summed E-state index contributed by atoms with van der Waals surface area (Å²) >= 11 is 0. The molecule has 2 saturated heterocycles. The van der Waals surface area contributed by atoms with E-state index in [2.05, 4.69) is 4.90 Å². The fourth-order valence-corrected chi connectivity index (χ4v) is 4.65. The summed E-state index contributed by atoms with van der Waals surface area (Å²) < 4.78 is 27.0. The van der Waals surface area contributed by atoms with Gasteiger partial charge in [-0.3, -0.25) is 4.79 Å². The maximum atomic E-state index is 12.7. The molecule has 2 fully saturated rings. The van der Waals surface area contributed by atoms with Crippen LogP contribution in [0.3, 0.4) is 0 Å². The Bertz CT molecular complexity index is 923. The van der Waals surface area contributed by atoms with Gasteiger partial charge < -0.3 is 14.2 Å². The van der Waals surface area contributed by atoms with E-state index in [4.69, 9.17) is 0 Å². The number of nitrogens with zero attached hydrogens (tertiary/aromatic N) is 4. The molecule has 2 aromatic rings. The van der Waals surface area contributed by atoms with Gasteiger partial charge in [-0.1, -0.05) is 0 Å². The molecule has 0 aromatic carbocycles. The maximum Gasteiger partial charge on any atom is 0.255 e. The molecule has 4 rings (SSSR count). The molecule has 4 heterocycles. The highest BCUT2D eigenvalue weighted by molar-refractivity contribution is 7.88. The largest absolute Gasteiger partial charge is 0.355 e. The van der Waals surface area contributed by atoms with Crippen LogP contribution in [0.4, 0.5) is 5.82 Å². The molecule has 0 atom stereocenters. The van der Waals surface area contributed by atoms with Gasteiger partial charge in [0.25, 0.3) is 5.91 Å². The fourth-order valence-electron chi connectivity index (χ4n) is 3.82. The monoisotopic (exact) mass is 376 g/mol. The van der Waals surface area contributed by atoms with Crippen molar-refractivity contribution in [1.82, 2.24) is 13.6 Å². The smallest absolute Gasteiger partial charge is 0.255 e. The van der Waals surface area contributed by atoms with E-state index in [0.29, 0.717) is 31.7 Å². The summed E-state index contributed by atoms with van der Waals surface area (Å²) in [4.78, 5) is 16.8. The van der Waals surface area contributed by atoms with Crippen LogP contribution < -0.4 is 4.90 Å². The Labute approximate surface area is 153 Å². The molecule has 26 heavy (non-hydrogen) atoms. The number of carbonyl (C=O) groups excluding carboxylic acids is 1. The zero-order valence-corrected chi connectivity index (χ0v) is 15.8. The normalized spacial score (nSPS) is 19.4. The number of rotatable bonds is 3. The van der Waals surface area contributed by atoms with Gasteiger partial charge in [-0.25, -0.2) is 8.42 Å². The summed E-state index contributed by atoms with van der Waals surface area (Å²) in [7, 11) is -3.14. The van der Waals surface area contributed by atoms with E-state index in [-0.39, 0.29) is 5.91 Å². The molecule has 140 valence electrons. The van der Waals surface area contributed by atoms with Crippen LogP contribution in [0.15, 0.2) is 30.5 Å². The van der Waals surface area contributed by atoms with Crippen molar-refractivity contribution in [3.8, 4) is 0 Å². The SMILES string of the molecule is CS(=O)(=O)N1CCN(c2ccc3ccc(C(=O)N4CCCC4)cn23)CC1. The van der Waals surface area contributed by atoms with Crippen LogP contribution in [0, 0.1) is 0 Å². The number of amides is 1. The van der Waals surface area contributed by atoms with Crippen LogP contribution in [0.5, 0.6) is 0 Å². The zero-order chi connectivity index (χ0) is 18.3. The molecule has 2 aliphatic rings. The molecule has 0 saturated carbocycles. The number of carbonyl (C=O) groups is 1. The van der Waals surface area contributed by atoms with Crippen LogP contribution in [0.25, 0.3) is 5.52 Å². The van der Waals surface area contributed by atoms with Gasteiger partial charge in [-0.05, 0) is 37.1 Å². The van der Waals surface area contributed by atoms with E-state index in [1.807, 2.05) is 39.8 Å². The van der Waals surface area contributed by atoms with Crippen molar-refractivity contribution in [3.05, 3.63) is 36.0 Å². The van der Waals surface area contributed by atoms with Gasteiger partial charge in [0.15, 0.2) is 0 Å². The zero-order valence-electron chi connectivity index (χ0n) is 15.0. The lowest BCUT2D eigenvalue weighted by atomic mass is 10.2. The van der Waals surface area contributed by atoms with Crippen molar-refractivity contribution in [2.24, 2.45) is 0 Å². The van der Waals surface area contributed by atoms with E-state index in [1.54, 1.807) is 0 Å². The van der Waals surface area contributed by atoms with Crippen LogP contribution in [-0.4, -0.2) is 73.5 Å². The van der Waals surface area contributed by atoms with Gasteiger partial charge in [0, 0.05) is 51.0 Å². The molecule has 2 aliphatic heterocycles. The summed E-state index contributed by atoms with van der Waals surface area (Å²) in [5.74, 6) is 1.09. The average molecular weight is 376 g/mol. The van der Waals surface area contributed by atoms with Crippen molar-refractivity contribution in [1.29, 1.82) is 0 Å². The lowest BCUT2D eigenvalue weighted by Gasteiger charge is -2.34. The van der Waals surface area contributed by atoms with E-state index >= 15 is 0 Å². The van der Waals surface area contributed by atoms with E-state index in [9.17, 15) is 13.2 Å². The second-order valence-electron chi connectivity index (χ2n) is 7.05. The number of piperazine rings is 1. The molecule has 7 nitrogen and oxygen atoms in total. The highest BCUT2D eigenvalue weighted by Gasteiger charge is 2.25. The Kier molecular flexibility index (Phi) is 4.40. The first-order chi connectivity index (χ1) is 12.4. The fraction of sp³-hybridized carbons (Fsp3) is 0.500. The molecular weight excluding hydrogens is 352 g/mol. The number of hydrogen-bond donors (Lipinski definition) is 0. The van der Waals surface area contributed by atoms with Gasteiger partial charge in [0.2, 0.25) is 10.0 Å². The van der Waals surface area contributed by atoms with Crippen LogP contribution in [0.2, 0.25) is 0 Å². The highest BCUT2D eigenvalue weighted by atomic mass is 32.2. The number of aromatic nitrogens is 1. The molecule has 0 unspecified atom stereocenters. The first kappa shape index (κ1) is 17.4. The number of anilines is 1. The van der Waals surface area contributed by atoms with Crippen molar-refractivity contribution in [2.75, 3.05) is 50.4 Å². The van der Waals surface area contributed by atoms with Gasteiger partial charge in [-0.15, -0.1) is 0 Å². The van der Waals surface area contributed by atoms with Crippen LogP contribution in [0.1, 0.15) is 23.2 Å². The number of sulfonamides is 1. The lowest BCUT2D eigenvalue weighted by Crippen LogP contribution is -2.48. The first-order valence-electron chi connectivity index (χ1n) is 9.04. The van der Waals surface area contributed by atoms with E-state index in [1.165, 1.54) is 10.6 Å². The van der Waals surface area contributed by atoms with E-state index < -0.39 is 10.0 Å². The summed E-state index contributed by atoms with van der Waals surface area (Å²) in [5.41, 5.74) is 1.73. The Hall–Kier alpha value is -2.06. The van der Waals surface area contributed by atoms with Gasteiger partial charge >= 0.3 is 0 Å². The van der Waals surface area contributed by atoms with Crippen LogP contribution in [-0.2, 0) is 10.0 Å². The standard InChI is InChI=1S/C18H24N4O3S/c1-26(24,25)21-12-10-19(11-13-21)17-7-6-16-5-4-15(14-22(16)17)18(23)20-8-2-3-9-20/h4-7,14H,2-3,8-13H2,1H3. The molecule has 1 amide bonds. The molecule has 0 bridgehead atoms. The molecule has 2 aromatic heterocycles. The summed E-state index contributed by atoms with van der Waals surface area (Å²) in [6.07, 6.45) is 5.32. The minimum atomic E-state index is -3.14. The Morgan fingerprint density at radius 3 is 2.23 bits per heavy atom. The van der Waals surface area contributed by atoms with Crippen molar-refractivity contribution < 1.29 is 13.2 Å². The lowest BCUT2D eigenvalue weighted by molar-refractivity contribution is 0.0792. The molecule has 0 radical (unpaired) electrons. The number of pyridine rings is 1. The van der Waals surface area contributed by atoms with Gasteiger partial charge in [-0.2, -0.15) is 4.31 Å². The second kappa shape index (κ2) is 6.59. The molecule has 0 N–H and O–H groups in total. The van der Waals surface area contributed by atoms with Crippen molar-refractivity contribution in [3.63, 3.8) is 0 Å². The minimum Gasteiger partial charge on any atom is -0.355 e. The predicted octanol–water partition coefficient (Wildman–Crippen LogP) is 1.26. The summed E-state index contributed by atoms with van der Waals surface area (Å²) in [6, 6.07) is 7.93. The molecule has 0 aliphatic carbocycles. The number of hydrogen-bond acceptors (Lipinski definition) is 4. The van der Waals surface area contributed by atoms with Gasteiger partial charge in [0.05, 0.1) is 11.8 Å². The second-order valence-corrected chi connectivity index (χ2v) is 9.04. The van der Waals surface area contributed by atoms with Crippen molar-refractivity contribution in [2.45, 2.75) is 12.8 Å². The third-order valence-electron chi connectivity index (χ3n) is 5.30. The Balaban J connectivity index is 1.58. The third-order valence-corrected chi connectivity index (χ3v) is 6.61. The minimum absolute atomic E-state index is 0.0888. The average Bonchev–Trinajstić information content (AvgIpc) is 3.30. The Morgan fingerprint density at radius 2 is 1.58 bits per heavy atom. The Morgan fingerprint density at radius 1 is 0.923 bits per heavy atom. The third kappa shape index (κ3) is 3.19. The van der Waals surface area contributed by atoms with E-state index in [0.717, 1.165) is 37.3 Å². The van der Waals surface area contributed by atoms with Crippen LogP contribution >= 0.6 is 0 Å². The topological polar surface area (TPSA) is 65.3 Å². The maximum absolute atomic E-state index is 12.7. The van der Waals surface area contributed by atoms with Crippen molar-refractivity contribution >= 4 is 27.3 Å². The summed E-state index contributed by atoms with van der Waals surface area (Å²) in [6.45, 7) is 3.93. The highest BCUT2D eigenvalue weighted by Crippen LogP contribution is 2.23. The molecule has 8 heteroatoms. The first-order valence-corrected chi connectivity index (χ1v) is 10.9. The van der Waals surface area contributed by atoms with Gasteiger partial charge in [0.1, 0.15) is 5.82 Å².